The number of rotatable bonds is 9. The van der Waals surface area contributed by atoms with Gasteiger partial charge in [-0.25, -0.2) is 4.39 Å². The van der Waals surface area contributed by atoms with Crippen LogP contribution in [0.1, 0.15) is 16.2 Å². The lowest BCUT2D eigenvalue weighted by atomic mass is 10.2. The number of halogens is 1. The number of benzene rings is 3. The largest absolute Gasteiger partial charge is 0.495 e. The van der Waals surface area contributed by atoms with Crippen molar-refractivity contribution in [3.8, 4) is 11.4 Å². The van der Waals surface area contributed by atoms with E-state index in [4.69, 9.17) is 4.74 Å². The predicted molar refractivity (Wildman–Crippen MR) is 131 cm³/mol. The molecule has 0 aliphatic carbocycles. The van der Waals surface area contributed by atoms with Crippen LogP contribution in [-0.2, 0) is 11.3 Å². The summed E-state index contributed by atoms with van der Waals surface area (Å²) in [6.07, 6.45) is 0. The SMILES string of the molecule is COc1ccccc1-n1c(CNC(=O)c2ccccc2)nnc1SCC(=O)Nc1ccccc1F. The number of aromatic nitrogens is 3. The number of thioether (sulfide) groups is 1. The minimum absolute atomic E-state index is 0.0298. The molecule has 8 nitrogen and oxygen atoms in total. The summed E-state index contributed by atoms with van der Waals surface area (Å²) in [5.41, 5.74) is 1.28. The van der Waals surface area contributed by atoms with Crippen LogP contribution < -0.4 is 15.4 Å². The van der Waals surface area contributed by atoms with Crippen molar-refractivity contribution in [2.45, 2.75) is 11.7 Å². The van der Waals surface area contributed by atoms with Crippen LogP contribution in [0.2, 0.25) is 0 Å². The second-order valence-electron chi connectivity index (χ2n) is 7.27. The molecule has 0 aliphatic rings. The van der Waals surface area contributed by atoms with Crippen molar-refractivity contribution in [2.75, 3.05) is 18.2 Å². The van der Waals surface area contributed by atoms with Crippen molar-refractivity contribution in [1.29, 1.82) is 0 Å². The summed E-state index contributed by atoms with van der Waals surface area (Å²) in [4.78, 5) is 25.0. The van der Waals surface area contributed by atoms with Gasteiger partial charge in [0.25, 0.3) is 5.91 Å². The smallest absolute Gasteiger partial charge is 0.251 e. The minimum Gasteiger partial charge on any atom is -0.495 e. The number of anilines is 1. The topological polar surface area (TPSA) is 98.1 Å². The van der Waals surface area contributed by atoms with Gasteiger partial charge in [-0.2, -0.15) is 0 Å². The molecule has 3 aromatic carbocycles. The van der Waals surface area contributed by atoms with Crippen molar-refractivity contribution in [2.24, 2.45) is 0 Å². The van der Waals surface area contributed by atoms with Crippen molar-refractivity contribution in [3.05, 3.63) is 96.1 Å². The lowest BCUT2D eigenvalue weighted by Gasteiger charge is -2.14. The van der Waals surface area contributed by atoms with Gasteiger partial charge in [0.1, 0.15) is 11.6 Å². The first kappa shape index (κ1) is 24.0. The summed E-state index contributed by atoms with van der Waals surface area (Å²) in [5.74, 6) is -0.166. The highest BCUT2D eigenvalue weighted by atomic mass is 32.2. The Morgan fingerprint density at radius 1 is 0.971 bits per heavy atom. The Kier molecular flexibility index (Phi) is 7.74. The average molecular weight is 492 g/mol. The fraction of sp³-hybridized carbons (Fsp3) is 0.120. The number of para-hydroxylation sites is 3. The van der Waals surface area contributed by atoms with Gasteiger partial charge in [-0.1, -0.05) is 54.2 Å². The molecule has 0 aliphatic heterocycles. The first-order valence-corrected chi connectivity index (χ1v) is 11.6. The monoisotopic (exact) mass is 491 g/mol. The van der Waals surface area contributed by atoms with Crippen molar-refractivity contribution in [3.63, 3.8) is 0 Å². The Morgan fingerprint density at radius 3 is 2.46 bits per heavy atom. The van der Waals surface area contributed by atoms with E-state index in [-0.39, 0.29) is 23.9 Å². The summed E-state index contributed by atoms with van der Waals surface area (Å²) in [6.45, 7) is 0.0980. The molecular formula is C25H22FN5O3S. The van der Waals surface area contributed by atoms with E-state index >= 15 is 0 Å². The lowest BCUT2D eigenvalue weighted by molar-refractivity contribution is -0.113. The van der Waals surface area contributed by atoms with Crippen LogP contribution in [0.3, 0.4) is 0 Å². The van der Waals surface area contributed by atoms with Gasteiger partial charge < -0.3 is 15.4 Å². The number of methoxy groups -OCH3 is 1. The Bertz CT molecular complexity index is 1330. The number of ether oxygens (including phenoxy) is 1. The third-order valence-corrected chi connectivity index (χ3v) is 5.88. The molecular weight excluding hydrogens is 469 g/mol. The lowest BCUT2D eigenvalue weighted by Crippen LogP contribution is -2.24. The zero-order chi connectivity index (χ0) is 24.6. The van der Waals surface area contributed by atoms with Crippen LogP contribution in [0.25, 0.3) is 5.69 Å². The van der Waals surface area contributed by atoms with Crippen LogP contribution in [0, 0.1) is 5.82 Å². The first-order valence-electron chi connectivity index (χ1n) is 10.6. The molecule has 2 amide bonds. The Morgan fingerprint density at radius 2 is 1.69 bits per heavy atom. The molecule has 1 aromatic heterocycles. The fourth-order valence-corrected chi connectivity index (χ4v) is 4.06. The van der Waals surface area contributed by atoms with Gasteiger partial charge >= 0.3 is 0 Å². The minimum atomic E-state index is -0.514. The molecule has 2 N–H and O–H groups in total. The molecule has 0 atom stereocenters. The number of amides is 2. The number of hydrogen-bond acceptors (Lipinski definition) is 6. The molecule has 1 heterocycles. The summed E-state index contributed by atoms with van der Waals surface area (Å²) in [6, 6.07) is 22.1. The van der Waals surface area contributed by atoms with E-state index in [2.05, 4.69) is 20.8 Å². The predicted octanol–water partition coefficient (Wildman–Crippen LogP) is 4.08. The zero-order valence-electron chi connectivity index (χ0n) is 18.8. The van der Waals surface area contributed by atoms with Crippen LogP contribution in [0.15, 0.2) is 84.0 Å². The maximum Gasteiger partial charge on any atom is 0.251 e. The molecule has 0 radical (unpaired) electrons. The number of hydrogen-bond donors (Lipinski definition) is 2. The Labute approximate surface area is 205 Å². The van der Waals surface area contributed by atoms with Gasteiger partial charge in [0.2, 0.25) is 5.91 Å². The standard InChI is InChI=1S/C25H22FN5O3S/c1-34-21-14-8-7-13-20(21)31-22(15-27-24(33)17-9-3-2-4-10-17)29-30-25(31)35-16-23(32)28-19-12-6-5-11-18(19)26/h2-14H,15-16H2,1H3,(H,27,33)(H,28,32). The van der Waals surface area contributed by atoms with Gasteiger partial charge in [0, 0.05) is 5.56 Å². The molecule has 178 valence electrons. The number of nitrogens with one attached hydrogen (secondary N) is 2. The first-order chi connectivity index (χ1) is 17.1. The summed E-state index contributed by atoms with van der Waals surface area (Å²) < 4.78 is 21.1. The molecule has 0 bridgehead atoms. The molecule has 4 aromatic rings. The fourth-order valence-electron chi connectivity index (χ4n) is 3.29. The summed E-state index contributed by atoms with van der Waals surface area (Å²) >= 11 is 1.13. The van der Waals surface area contributed by atoms with Crippen LogP contribution in [0.5, 0.6) is 5.75 Å². The third kappa shape index (κ3) is 5.85. The highest BCUT2D eigenvalue weighted by molar-refractivity contribution is 7.99. The maximum atomic E-state index is 13.9. The van der Waals surface area contributed by atoms with E-state index < -0.39 is 11.7 Å². The molecule has 0 fully saturated rings. The van der Waals surface area contributed by atoms with Gasteiger partial charge in [0.15, 0.2) is 11.0 Å². The van der Waals surface area contributed by atoms with Gasteiger partial charge in [-0.15, -0.1) is 10.2 Å². The average Bonchev–Trinajstić information content (AvgIpc) is 3.30. The van der Waals surface area contributed by atoms with E-state index in [1.807, 2.05) is 24.3 Å². The van der Waals surface area contributed by atoms with Gasteiger partial charge in [0.05, 0.1) is 30.8 Å². The maximum absolute atomic E-state index is 13.9. The van der Waals surface area contributed by atoms with Crippen molar-refractivity contribution >= 4 is 29.3 Å². The highest BCUT2D eigenvalue weighted by Crippen LogP contribution is 2.29. The van der Waals surface area contributed by atoms with E-state index in [0.29, 0.717) is 28.0 Å². The molecule has 0 spiro atoms. The second-order valence-corrected chi connectivity index (χ2v) is 8.21. The highest BCUT2D eigenvalue weighted by Gasteiger charge is 2.19. The Balaban J connectivity index is 1.55. The van der Waals surface area contributed by atoms with E-state index in [0.717, 1.165) is 11.8 Å². The summed E-state index contributed by atoms with van der Waals surface area (Å²) in [5, 5.41) is 14.3. The molecule has 0 saturated carbocycles. The quantitative estimate of drug-likeness (QED) is 0.343. The second kappa shape index (κ2) is 11.3. The van der Waals surface area contributed by atoms with Crippen molar-refractivity contribution < 1.29 is 18.7 Å². The van der Waals surface area contributed by atoms with Gasteiger partial charge in [-0.3, -0.25) is 14.2 Å². The number of nitrogens with zero attached hydrogens (tertiary/aromatic N) is 3. The third-order valence-electron chi connectivity index (χ3n) is 4.95. The van der Waals surface area contributed by atoms with Crippen LogP contribution in [-0.4, -0.2) is 39.4 Å². The van der Waals surface area contributed by atoms with Crippen LogP contribution in [0.4, 0.5) is 10.1 Å². The van der Waals surface area contributed by atoms with E-state index in [1.165, 1.54) is 12.1 Å². The van der Waals surface area contributed by atoms with Crippen LogP contribution >= 0.6 is 11.8 Å². The molecule has 0 saturated heterocycles. The molecule has 35 heavy (non-hydrogen) atoms. The van der Waals surface area contributed by atoms with Crippen molar-refractivity contribution in [1.82, 2.24) is 20.1 Å². The Hall–Kier alpha value is -4.18. The number of carbonyl (C=O) groups is 2. The van der Waals surface area contributed by atoms with E-state index in [1.54, 1.807) is 54.1 Å². The zero-order valence-corrected chi connectivity index (χ0v) is 19.6. The molecule has 10 heteroatoms. The van der Waals surface area contributed by atoms with E-state index in [9.17, 15) is 14.0 Å². The normalized spacial score (nSPS) is 10.6. The summed E-state index contributed by atoms with van der Waals surface area (Å²) in [7, 11) is 1.55. The molecule has 0 unspecified atom stereocenters. The number of carbonyl (C=O) groups excluding carboxylic acids is 2. The van der Waals surface area contributed by atoms with Gasteiger partial charge in [-0.05, 0) is 36.4 Å². The molecule has 4 rings (SSSR count).